The largest absolute Gasteiger partial charge is 0.251 e. The maximum absolute atomic E-state index is 4.91. The predicted molar refractivity (Wildman–Crippen MR) is 125 cm³/mol. The van der Waals surface area contributed by atoms with Gasteiger partial charge in [-0.05, 0) is 61.2 Å². The molecule has 3 aromatic carbocycles. The maximum atomic E-state index is 4.91. The number of para-hydroxylation sites is 1. The summed E-state index contributed by atoms with van der Waals surface area (Å²) in [4.78, 5) is 9.73. The van der Waals surface area contributed by atoms with Crippen LogP contribution in [0, 0.1) is 6.92 Å². The standard InChI is InChI=1S/C27H24N2/c1-19(22-11-6-4-7-12-22)17-20(2)28-26-16-10-15-24-25(18-21(3)29-27(24)26)23-13-8-5-9-14-23/h4-18H,1-3H3/b19-17+,28-20?. The van der Waals surface area contributed by atoms with Gasteiger partial charge in [0.1, 0.15) is 0 Å². The molecule has 0 aliphatic heterocycles. The Morgan fingerprint density at radius 2 is 1.52 bits per heavy atom. The van der Waals surface area contributed by atoms with Crippen molar-refractivity contribution in [2.75, 3.05) is 0 Å². The first kappa shape index (κ1) is 18.8. The zero-order valence-corrected chi connectivity index (χ0v) is 17.1. The Morgan fingerprint density at radius 1 is 0.828 bits per heavy atom. The molecule has 0 aliphatic rings. The molecular formula is C27H24N2. The first-order chi connectivity index (χ1) is 14.1. The molecule has 0 radical (unpaired) electrons. The van der Waals surface area contributed by atoms with Crippen molar-refractivity contribution in [3.05, 3.63) is 102 Å². The van der Waals surface area contributed by atoms with E-state index in [1.165, 1.54) is 22.3 Å². The van der Waals surface area contributed by atoms with E-state index in [1.807, 2.05) is 32.0 Å². The number of allylic oxidation sites excluding steroid dienone is 2. The molecule has 0 spiro atoms. The normalized spacial score (nSPS) is 12.4. The summed E-state index contributed by atoms with van der Waals surface area (Å²) in [6.45, 7) is 6.20. The van der Waals surface area contributed by atoms with E-state index in [-0.39, 0.29) is 0 Å². The van der Waals surface area contributed by atoms with Crippen molar-refractivity contribution in [1.82, 2.24) is 4.98 Å². The summed E-state index contributed by atoms with van der Waals surface area (Å²) in [7, 11) is 0. The zero-order valence-electron chi connectivity index (χ0n) is 17.1. The third-order valence-electron chi connectivity index (χ3n) is 4.98. The molecule has 1 aromatic heterocycles. The van der Waals surface area contributed by atoms with E-state index in [4.69, 9.17) is 9.98 Å². The Bertz CT molecular complexity index is 1200. The monoisotopic (exact) mass is 376 g/mol. The van der Waals surface area contributed by atoms with Crippen molar-refractivity contribution in [2.24, 2.45) is 4.99 Å². The summed E-state index contributed by atoms with van der Waals surface area (Å²) < 4.78 is 0. The summed E-state index contributed by atoms with van der Waals surface area (Å²) in [5.74, 6) is 0. The topological polar surface area (TPSA) is 25.2 Å². The fourth-order valence-corrected chi connectivity index (χ4v) is 3.63. The number of aryl methyl sites for hydroxylation is 1. The molecule has 0 aliphatic carbocycles. The van der Waals surface area contributed by atoms with Gasteiger partial charge in [0, 0.05) is 16.8 Å². The molecule has 4 aromatic rings. The molecule has 142 valence electrons. The van der Waals surface area contributed by atoms with Crippen molar-refractivity contribution >= 4 is 27.9 Å². The first-order valence-corrected chi connectivity index (χ1v) is 9.86. The summed E-state index contributed by atoms with van der Waals surface area (Å²) in [6.07, 6.45) is 2.13. The van der Waals surface area contributed by atoms with E-state index in [2.05, 4.69) is 79.7 Å². The zero-order chi connectivity index (χ0) is 20.2. The van der Waals surface area contributed by atoms with Gasteiger partial charge in [-0.15, -0.1) is 0 Å². The Morgan fingerprint density at radius 3 is 2.24 bits per heavy atom. The van der Waals surface area contributed by atoms with Crippen LogP contribution in [0.1, 0.15) is 25.1 Å². The third-order valence-corrected chi connectivity index (χ3v) is 4.98. The summed E-state index contributed by atoms with van der Waals surface area (Å²) in [5.41, 5.74) is 8.59. The Kier molecular flexibility index (Phi) is 5.35. The van der Waals surface area contributed by atoms with Gasteiger partial charge in [-0.1, -0.05) is 72.8 Å². The Balaban J connectivity index is 1.81. The van der Waals surface area contributed by atoms with Crippen LogP contribution in [-0.4, -0.2) is 10.7 Å². The molecule has 4 rings (SSSR count). The number of hydrogen-bond acceptors (Lipinski definition) is 2. The van der Waals surface area contributed by atoms with Crippen molar-refractivity contribution in [1.29, 1.82) is 0 Å². The molecule has 1 heterocycles. The van der Waals surface area contributed by atoms with Crippen LogP contribution in [0.25, 0.3) is 27.6 Å². The molecule has 0 bridgehead atoms. The van der Waals surface area contributed by atoms with E-state index in [0.29, 0.717) is 0 Å². The quantitative estimate of drug-likeness (QED) is 0.340. The van der Waals surface area contributed by atoms with E-state index < -0.39 is 0 Å². The van der Waals surface area contributed by atoms with E-state index in [0.717, 1.165) is 28.0 Å². The fourth-order valence-electron chi connectivity index (χ4n) is 3.63. The number of pyridine rings is 1. The van der Waals surface area contributed by atoms with Gasteiger partial charge in [-0.3, -0.25) is 9.98 Å². The molecule has 0 amide bonds. The van der Waals surface area contributed by atoms with Gasteiger partial charge < -0.3 is 0 Å². The van der Waals surface area contributed by atoms with Crippen LogP contribution >= 0.6 is 0 Å². The molecule has 0 fully saturated rings. The van der Waals surface area contributed by atoms with Gasteiger partial charge >= 0.3 is 0 Å². The number of nitrogens with zero attached hydrogens (tertiary/aromatic N) is 2. The smallest absolute Gasteiger partial charge is 0.0967 e. The minimum absolute atomic E-state index is 0.901. The maximum Gasteiger partial charge on any atom is 0.0967 e. The van der Waals surface area contributed by atoms with Gasteiger partial charge in [0.15, 0.2) is 0 Å². The van der Waals surface area contributed by atoms with Crippen LogP contribution in [0.15, 0.2) is 96.0 Å². The lowest BCUT2D eigenvalue weighted by Crippen LogP contribution is -1.91. The highest BCUT2D eigenvalue weighted by Gasteiger charge is 2.09. The Labute approximate surface area is 172 Å². The van der Waals surface area contributed by atoms with Crippen LogP contribution < -0.4 is 0 Å². The molecule has 0 atom stereocenters. The highest BCUT2D eigenvalue weighted by molar-refractivity contribution is 6.05. The summed E-state index contributed by atoms with van der Waals surface area (Å²) >= 11 is 0. The van der Waals surface area contributed by atoms with Crippen molar-refractivity contribution in [3.8, 4) is 11.1 Å². The number of aliphatic imine (C=N–C) groups is 1. The van der Waals surface area contributed by atoms with E-state index >= 15 is 0 Å². The second-order valence-corrected chi connectivity index (χ2v) is 7.30. The minimum Gasteiger partial charge on any atom is -0.251 e. The SMILES string of the molecule is CC(/C=C(\C)c1ccccc1)=Nc1cccc2c(-c3ccccc3)cc(C)nc12. The van der Waals surface area contributed by atoms with E-state index in [1.54, 1.807) is 0 Å². The van der Waals surface area contributed by atoms with Gasteiger partial charge in [0.2, 0.25) is 0 Å². The van der Waals surface area contributed by atoms with Crippen molar-refractivity contribution < 1.29 is 0 Å². The number of benzene rings is 3. The van der Waals surface area contributed by atoms with Crippen LogP contribution in [0.5, 0.6) is 0 Å². The molecule has 0 unspecified atom stereocenters. The van der Waals surface area contributed by atoms with Crippen LogP contribution in [0.3, 0.4) is 0 Å². The average molecular weight is 377 g/mol. The second kappa shape index (κ2) is 8.24. The molecule has 0 saturated heterocycles. The molecule has 0 saturated carbocycles. The lowest BCUT2D eigenvalue weighted by Gasteiger charge is -2.10. The lowest BCUT2D eigenvalue weighted by molar-refractivity contribution is 1.25. The van der Waals surface area contributed by atoms with Crippen LogP contribution in [0.4, 0.5) is 5.69 Å². The average Bonchev–Trinajstić information content (AvgIpc) is 2.75. The third kappa shape index (κ3) is 4.17. The molecule has 2 nitrogen and oxygen atoms in total. The highest BCUT2D eigenvalue weighted by Crippen LogP contribution is 2.33. The number of aromatic nitrogens is 1. The van der Waals surface area contributed by atoms with Gasteiger partial charge in [0.05, 0.1) is 11.2 Å². The molecule has 29 heavy (non-hydrogen) atoms. The Hall–Kier alpha value is -3.52. The molecule has 2 heteroatoms. The molecular weight excluding hydrogens is 352 g/mol. The number of fused-ring (bicyclic) bond motifs is 1. The van der Waals surface area contributed by atoms with Crippen LogP contribution in [0.2, 0.25) is 0 Å². The summed E-state index contributed by atoms with van der Waals surface area (Å²) in [6, 6.07) is 29.2. The van der Waals surface area contributed by atoms with Gasteiger partial charge in [0.25, 0.3) is 0 Å². The highest BCUT2D eigenvalue weighted by atomic mass is 14.8. The van der Waals surface area contributed by atoms with E-state index in [9.17, 15) is 0 Å². The van der Waals surface area contributed by atoms with Gasteiger partial charge in [-0.2, -0.15) is 0 Å². The number of hydrogen-bond donors (Lipinski definition) is 0. The summed E-state index contributed by atoms with van der Waals surface area (Å²) in [5, 5.41) is 1.12. The van der Waals surface area contributed by atoms with Gasteiger partial charge in [-0.25, -0.2) is 0 Å². The second-order valence-electron chi connectivity index (χ2n) is 7.30. The lowest BCUT2D eigenvalue weighted by atomic mass is 9.99. The van der Waals surface area contributed by atoms with Crippen LogP contribution in [-0.2, 0) is 0 Å². The van der Waals surface area contributed by atoms with Crippen molar-refractivity contribution in [2.45, 2.75) is 20.8 Å². The predicted octanol–water partition coefficient (Wildman–Crippen LogP) is 7.41. The fraction of sp³-hybridized carbons (Fsp3) is 0.111. The first-order valence-electron chi connectivity index (χ1n) is 9.86. The van der Waals surface area contributed by atoms with Crippen molar-refractivity contribution in [3.63, 3.8) is 0 Å². The minimum atomic E-state index is 0.901. The molecule has 0 N–H and O–H groups in total. The number of rotatable bonds is 4.